The Morgan fingerprint density at radius 3 is 1.38 bits per heavy atom. The van der Waals surface area contributed by atoms with Crippen LogP contribution in [0.25, 0.3) is 0 Å². The molecule has 0 bridgehead atoms. The molecule has 34 heavy (non-hydrogen) atoms. The predicted molar refractivity (Wildman–Crippen MR) is 124 cm³/mol. The molecule has 0 heterocycles. The van der Waals surface area contributed by atoms with Crippen LogP contribution < -0.4 is 17.2 Å². The molecule has 0 aliphatic rings. The summed E-state index contributed by atoms with van der Waals surface area (Å²) in [5.74, 6) is -1.25. The Morgan fingerprint density at radius 2 is 1.03 bits per heavy atom. The number of carbonyl (C=O) groups excluding carboxylic acids is 3. The van der Waals surface area contributed by atoms with E-state index in [1.165, 1.54) is 68.4 Å². The monoisotopic (exact) mass is 499 g/mol. The number of hydrogen-bond donors (Lipinski definition) is 3. The predicted octanol–water partition coefficient (Wildman–Crippen LogP) is 3.56. The summed E-state index contributed by atoms with van der Waals surface area (Å²) in [6.45, 7) is 2.91. The van der Waals surface area contributed by atoms with Gasteiger partial charge < -0.3 is 0 Å². The molecule has 3 rings (SSSR count). The summed E-state index contributed by atoms with van der Waals surface area (Å²) in [5, 5.41) is 0. The molecule has 0 saturated heterocycles. The van der Waals surface area contributed by atoms with Gasteiger partial charge in [0.05, 0.1) is 0 Å². The molecule has 0 radical (unpaired) electrons. The minimum absolute atomic E-state index is 0.00369. The summed E-state index contributed by atoms with van der Waals surface area (Å²) in [4.78, 5) is 41.0. The molecule has 0 spiro atoms. The Labute approximate surface area is 198 Å². The summed E-state index contributed by atoms with van der Waals surface area (Å²) in [7, 11) is 0. The summed E-state index contributed by atoms with van der Waals surface area (Å²) >= 11 is -7.45. The van der Waals surface area contributed by atoms with E-state index in [9.17, 15) is 17.7 Å². The third-order valence-electron chi connectivity index (χ3n) is 5.10. The Kier molecular flexibility index (Phi) is 6.83. The molecule has 0 unspecified atom stereocenters. The Morgan fingerprint density at radius 1 is 0.676 bits per heavy atom. The van der Waals surface area contributed by atoms with Gasteiger partial charge in [-0.15, -0.1) is 0 Å². The van der Waals surface area contributed by atoms with E-state index in [1.54, 1.807) is 18.2 Å². The van der Waals surface area contributed by atoms with Gasteiger partial charge in [0.15, 0.2) is 0 Å². The first-order chi connectivity index (χ1) is 16.0. The number of nitrogens with two attached hydrogens (primary N) is 3. The van der Waals surface area contributed by atoms with Gasteiger partial charge in [0, 0.05) is 0 Å². The topological polar surface area (TPSA) is 165 Å². The first kappa shape index (κ1) is 25.0. The van der Waals surface area contributed by atoms with Crippen LogP contribution in [0.5, 0.6) is 0 Å². The van der Waals surface area contributed by atoms with E-state index in [2.05, 4.69) is 0 Å². The zero-order valence-electron chi connectivity index (χ0n) is 18.7. The maximum absolute atomic E-state index is 15.0. The van der Waals surface area contributed by atoms with Crippen LogP contribution in [0.2, 0.25) is 0 Å². The second-order valence-corrected chi connectivity index (χ2v) is 13.2. The van der Waals surface area contributed by atoms with Crippen molar-refractivity contribution in [3.63, 3.8) is 0 Å². The number of anilines is 3. The molecular weight excluding hydrogens is 474 g/mol. The van der Waals surface area contributed by atoms with E-state index in [0.717, 1.165) is 0 Å². The third kappa shape index (κ3) is 4.41. The molecule has 0 atom stereocenters. The minimum atomic E-state index is -7.45. The van der Waals surface area contributed by atoms with E-state index in [0.29, 0.717) is 0 Å². The fourth-order valence-corrected chi connectivity index (χ4v) is 8.75. The van der Waals surface area contributed by atoms with E-state index < -0.39 is 36.3 Å². The molecule has 176 valence electrons. The van der Waals surface area contributed by atoms with E-state index in [4.69, 9.17) is 23.8 Å². The van der Waals surface area contributed by atoms with Gasteiger partial charge in [-0.3, -0.25) is 0 Å². The van der Waals surface area contributed by atoms with Crippen LogP contribution in [-0.2, 0) is 26.0 Å². The van der Waals surface area contributed by atoms with E-state index >= 15 is 0 Å². The fraction of sp³-hybridized carbons (Fsp3) is 0.125. The van der Waals surface area contributed by atoms with Crippen LogP contribution in [0.15, 0.2) is 72.8 Å². The van der Waals surface area contributed by atoms with Crippen molar-refractivity contribution in [1.82, 2.24) is 0 Å². The Balaban J connectivity index is 2.34. The van der Waals surface area contributed by atoms with Crippen LogP contribution in [0.1, 0.15) is 44.9 Å². The van der Waals surface area contributed by atoms with Crippen LogP contribution >= 0.6 is 0 Å². The average Bonchev–Trinajstić information content (AvgIpc) is 2.78. The van der Waals surface area contributed by atoms with E-state index in [1.807, 2.05) is 0 Å². The summed E-state index contributed by atoms with van der Waals surface area (Å²) in [5.41, 5.74) is 16.9. The normalized spacial score (nSPS) is 11.8. The molecule has 3 aromatic carbocycles. The standard InChI is InChI=1S/C7H7NO2.2C7H6NO.C3H7O.O.Ti/c8-6-4-2-1-3-5(6)7(9)10;2*8-7-4-2-1-3-6(7)5-9;1-3(2)4;;/h1-4H,8H2,(H,9,10);2*1-4H,8H2;3H,1-2H3;;/q;;;-1;;+2/p-1. The Hall–Kier alpha value is -3.66. The van der Waals surface area contributed by atoms with Crippen LogP contribution in [0.3, 0.4) is 0 Å². The molecule has 0 aliphatic carbocycles. The van der Waals surface area contributed by atoms with Gasteiger partial charge >= 0.3 is 198 Å². The second kappa shape index (κ2) is 9.30. The molecular formula is C24H25N3O6Ti. The number of rotatable bonds is 8. The summed E-state index contributed by atoms with van der Waals surface area (Å²) in [6.07, 6.45) is -0.960. The molecule has 3 aromatic rings. The van der Waals surface area contributed by atoms with Gasteiger partial charge in [0.2, 0.25) is 0 Å². The Bertz CT molecular complexity index is 1290. The van der Waals surface area contributed by atoms with Crippen molar-refractivity contribution < 1.29 is 40.4 Å². The number of nitrogen functional groups attached to an aromatic ring is 3. The maximum atomic E-state index is 15.0. The number of hydrogen-bond acceptors (Lipinski definition) is 9. The van der Waals surface area contributed by atoms with Crippen molar-refractivity contribution in [1.29, 1.82) is 0 Å². The average molecular weight is 499 g/mol. The van der Waals surface area contributed by atoms with Gasteiger partial charge in [-0.2, -0.15) is 0 Å². The van der Waals surface area contributed by atoms with Gasteiger partial charge in [0.25, 0.3) is 0 Å². The summed E-state index contributed by atoms with van der Waals surface area (Å²) < 4.78 is 23.4. The van der Waals surface area contributed by atoms with Crippen molar-refractivity contribution in [3.05, 3.63) is 89.5 Å². The van der Waals surface area contributed by atoms with Crippen molar-refractivity contribution in [2.75, 3.05) is 17.2 Å². The van der Waals surface area contributed by atoms with Gasteiger partial charge in [-0.25, -0.2) is 0 Å². The summed E-state index contributed by atoms with van der Waals surface area (Å²) in [6, 6.07) is 17.2. The van der Waals surface area contributed by atoms with Crippen LogP contribution in [-0.4, -0.2) is 20.2 Å². The first-order valence-electron chi connectivity index (χ1n) is 10.4. The first-order valence-corrected chi connectivity index (χ1v) is 13.9. The molecule has 0 aliphatic heterocycles. The van der Waals surface area contributed by atoms with Crippen molar-refractivity contribution in [3.8, 4) is 0 Å². The second-order valence-electron chi connectivity index (χ2n) is 7.96. The van der Waals surface area contributed by atoms with E-state index in [-0.39, 0.29) is 33.8 Å². The van der Waals surface area contributed by atoms with Crippen LogP contribution in [0.4, 0.5) is 17.1 Å². The fourth-order valence-electron chi connectivity index (χ4n) is 3.53. The number of benzene rings is 3. The number of carbonyl (C=O) groups is 3. The zero-order chi connectivity index (χ0) is 25.1. The van der Waals surface area contributed by atoms with Gasteiger partial charge in [0.1, 0.15) is 0 Å². The molecule has 0 amide bonds. The van der Waals surface area contributed by atoms with Crippen molar-refractivity contribution >= 4 is 31.2 Å². The zero-order valence-corrected chi connectivity index (χ0v) is 20.2. The van der Waals surface area contributed by atoms with Crippen LogP contribution in [0, 0.1) is 0 Å². The quantitative estimate of drug-likeness (QED) is 0.310. The molecule has 0 aromatic heterocycles. The van der Waals surface area contributed by atoms with Crippen molar-refractivity contribution in [2.24, 2.45) is 0 Å². The molecule has 0 saturated carbocycles. The third-order valence-corrected chi connectivity index (χ3v) is 10.7. The molecule has 10 heteroatoms. The van der Waals surface area contributed by atoms with Gasteiger partial charge in [-0.1, -0.05) is 0 Å². The molecule has 6 N–H and O–H groups in total. The van der Waals surface area contributed by atoms with Crippen molar-refractivity contribution in [2.45, 2.75) is 20.0 Å². The molecule has 9 nitrogen and oxygen atoms in total. The van der Waals surface area contributed by atoms with Gasteiger partial charge in [-0.05, 0) is 0 Å². The SMILES string of the molecule is CC(C)[O][Ti](=[O])([O]C(=O)c1ccccc1N)([C](=O)c1ccccc1N)[C](=O)c1ccccc1N. The molecule has 0 fully saturated rings. The number of para-hydroxylation sites is 3.